The molecular weight excluding hydrogens is 447 g/mol. The van der Waals surface area contributed by atoms with Gasteiger partial charge in [0.05, 0.1) is 22.9 Å². The molecule has 1 amide bonds. The van der Waals surface area contributed by atoms with Gasteiger partial charge in [-0.2, -0.15) is 8.75 Å². The molecule has 1 aromatic carbocycles. The Morgan fingerprint density at radius 1 is 1.31 bits per heavy atom. The molecule has 2 aliphatic carbocycles. The Kier molecular flexibility index (Phi) is 5.51. The van der Waals surface area contributed by atoms with Crippen molar-refractivity contribution in [3.05, 3.63) is 53.7 Å². The number of pyridine rings is 1. The first kappa shape index (κ1) is 21.5. The van der Waals surface area contributed by atoms with Gasteiger partial charge in [-0.25, -0.2) is 9.37 Å². The first-order valence-corrected chi connectivity index (χ1v) is 12.1. The standard InChI is InChI=1S/C23H23FN4O2S2/c1-23(2,30)17-10-15-12(8-16(17)20(15)24)11-26-21(29)14-4-3-7-25-22(14)31-13-5-6-18-19(9-13)28-32-27-18/h3-9,15-17,20,30H,10-11H2,1-2H3,(H,26,29). The highest BCUT2D eigenvalue weighted by Crippen LogP contribution is 2.52. The lowest BCUT2D eigenvalue weighted by atomic mass is 9.79. The van der Waals surface area contributed by atoms with E-state index in [0.29, 0.717) is 23.6 Å². The van der Waals surface area contributed by atoms with Crippen molar-refractivity contribution in [2.75, 3.05) is 6.54 Å². The number of nitrogens with zero attached hydrogens (tertiary/aromatic N) is 3. The van der Waals surface area contributed by atoms with Gasteiger partial charge in [0, 0.05) is 29.5 Å². The third kappa shape index (κ3) is 3.93. The molecule has 5 rings (SSSR count). The van der Waals surface area contributed by atoms with Crippen LogP contribution in [0.2, 0.25) is 0 Å². The number of carbonyl (C=O) groups excluding carboxylic acids is 1. The first-order valence-electron chi connectivity index (χ1n) is 10.5. The van der Waals surface area contributed by atoms with E-state index in [9.17, 15) is 14.3 Å². The van der Waals surface area contributed by atoms with Crippen LogP contribution in [0.25, 0.3) is 11.0 Å². The number of alkyl halides is 1. The molecule has 2 heterocycles. The molecule has 6 nitrogen and oxygen atoms in total. The van der Waals surface area contributed by atoms with Gasteiger partial charge in [-0.3, -0.25) is 4.79 Å². The highest BCUT2D eigenvalue weighted by molar-refractivity contribution is 7.99. The third-order valence-corrected chi connectivity index (χ3v) is 7.99. The number of hydrogen-bond donors (Lipinski definition) is 2. The number of fused-ring (bicyclic) bond motifs is 3. The van der Waals surface area contributed by atoms with E-state index < -0.39 is 11.8 Å². The van der Waals surface area contributed by atoms with E-state index in [2.05, 4.69) is 19.0 Å². The highest BCUT2D eigenvalue weighted by atomic mass is 32.2. The SMILES string of the molecule is CC(C)(O)C1CC2C(CNC(=O)c3cccnc3Sc3ccc4nsnc4c3)=CC1C2F. The number of nitrogens with one attached hydrogen (secondary N) is 1. The summed E-state index contributed by atoms with van der Waals surface area (Å²) >= 11 is 2.56. The lowest BCUT2D eigenvalue weighted by Crippen LogP contribution is -2.35. The molecule has 2 aromatic heterocycles. The molecule has 4 atom stereocenters. The van der Waals surface area contributed by atoms with Crippen LogP contribution in [0.5, 0.6) is 0 Å². The number of rotatable bonds is 6. The Balaban J connectivity index is 1.28. The lowest BCUT2D eigenvalue weighted by molar-refractivity contribution is 0.00140. The molecule has 32 heavy (non-hydrogen) atoms. The molecule has 166 valence electrons. The second-order valence-electron chi connectivity index (χ2n) is 8.92. The first-order chi connectivity index (χ1) is 15.3. The number of aliphatic hydroxyl groups is 1. The summed E-state index contributed by atoms with van der Waals surface area (Å²) in [4.78, 5) is 18.3. The topological polar surface area (TPSA) is 88.0 Å². The summed E-state index contributed by atoms with van der Waals surface area (Å²) in [5, 5.41) is 13.9. The summed E-state index contributed by atoms with van der Waals surface area (Å²) in [7, 11) is 0. The molecule has 0 aliphatic heterocycles. The summed E-state index contributed by atoms with van der Waals surface area (Å²) in [6.07, 6.45) is 3.19. The van der Waals surface area contributed by atoms with Gasteiger partial charge in [-0.05, 0) is 62.1 Å². The average Bonchev–Trinajstić information content (AvgIpc) is 3.44. The van der Waals surface area contributed by atoms with E-state index in [-0.39, 0.29) is 23.7 Å². The largest absolute Gasteiger partial charge is 0.390 e. The van der Waals surface area contributed by atoms with E-state index in [1.54, 1.807) is 32.2 Å². The van der Waals surface area contributed by atoms with E-state index >= 15 is 0 Å². The molecule has 0 spiro atoms. The molecule has 3 aromatic rings. The van der Waals surface area contributed by atoms with Crippen LogP contribution in [-0.2, 0) is 0 Å². The Hall–Kier alpha value is -2.36. The molecule has 1 saturated carbocycles. The predicted molar refractivity (Wildman–Crippen MR) is 122 cm³/mol. The van der Waals surface area contributed by atoms with Crippen molar-refractivity contribution in [1.82, 2.24) is 19.0 Å². The monoisotopic (exact) mass is 470 g/mol. The number of aromatic nitrogens is 3. The van der Waals surface area contributed by atoms with Crippen LogP contribution in [0.15, 0.2) is 58.1 Å². The van der Waals surface area contributed by atoms with Gasteiger partial charge in [0.15, 0.2) is 0 Å². The number of carbonyl (C=O) groups is 1. The molecule has 0 radical (unpaired) electrons. The minimum absolute atomic E-state index is 0.0893. The van der Waals surface area contributed by atoms with E-state index in [1.807, 2.05) is 24.3 Å². The molecule has 2 aliphatic rings. The Labute approximate surface area is 193 Å². The van der Waals surface area contributed by atoms with Crippen molar-refractivity contribution in [2.45, 2.75) is 42.0 Å². The molecular formula is C23H23FN4O2S2. The fourth-order valence-corrected chi connectivity index (χ4v) is 6.23. The minimum atomic E-state index is -0.988. The quantitative estimate of drug-likeness (QED) is 0.523. The van der Waals surface area contributed by atoms with Crippen LogP contribution in [0.1, 0.15) is 30.6 Å². The number of halogens is 1. The predicted octanol–water partition coefficient (Wildman–Crippen LogP) is 4.27. The van der Waals surface area contributed by atoms with Crippen LogP contribution < -0.4 is 5.32 Å². The van der Waals surface area contributed by atoms with E-state index in [4.69, 9.17) is 0 Å². The maximum absolute atomic E-state index is 14.7. The summed E-state index contributed by atoms with van der Waals surface area (Å²) < 4.78 is 23.2. The van der Waals surface area contributed by atoms with Gasteiger partial charge >= 0.3 is 0 Å². The minimum Gasteiger partial charge on any atom is -0.390 e. The summed E-state index contributed by atoms with van der Waals surface area (Å²) in [5.41, 5.74) is 2.14. The number of amides is 1. The van der Waals surface area contributed by atoms with Crippen molar-refractivity contribution in [3.63, 3.8) is 0 Å². The van der Waals surface area contributed by atoms with Crippen molar-refractivity contribution in [2.24, 2.45) is 17.8 Å². The Bertz CT molecular complexity index is 1210. The maximum Gasteiger partial charge on any atom is 0.254 e. The number of allylic oxidation sites excluding steroid dienone is 1. The molecule has 0 saturated heterocycles. The Morgan fingerprint density at radius 2 is 2.12 bits per heavy atom. The zero-order valence-corrected chi connectivity index (χ0v) is 19.3. The van der Waals surface area contributed by atoms with Crippen LogP contribution in [-0.4, -0.2) is 43.1 Å². The lowest BCUT2D eigenvalue weighted by Gasteiger charge is -2.31. The van der Waals surface area contributed by atoms with Crippen molar-refractivity contribution >= 4 is 40.4 Å². The van der Waals surface area contributed by atoms with Crippen LogP contribution >= 0.6 is 23.5 Å². The molecule has 9 heteroatoms. The second kappa shape index (κ2) is 8.20. The van der Waals surface area contributed by atoms with Gasteiger partial charge in [0.2, 0.25) is 0 Å². The highest BCUT2D eigenvalue weighted by Gasteiger charge is 2.53. The molecule has 2 bridgehead atoms. The molecule has 2 N–H and O–H groups in total. The van der Waals surface area contributed by atoms with Crippen LogP contribution in [0.4, 0.5) is 4.39 Å². The summed E-state index contributed by atoms with van der Waals surface area (Å²) in [6.45, 7) is 3.78. The molecule has 1 fully saturated rings. The van der Waals surface area contributed by atoms with Gasteiger partial charge < -0.3 is 10.4 Å². The van der Waals surface area contributed by atoms with Crippen molar-refractivity contribution < 1.29 is 14.3 Å². The maximum atomic E-state index is 14.7. The Morgan fingerprint density at radius 3 is 2.88 bits per heavy atom. The van der Waals surface area contributed by atoms with Gasteiger partial charge in [-0.15, -0.1) is 0 Å². The summed E-state index contributed by atoms with van der Waals surface area (Å²) in [6, 6.07) is 9.24. The third-order valence-electron chi connectivity index (χ3n) is 6.42. The van der Waals surface area contributed by atoms with Gasteiger partial charge in [0.25, 0.3) is 5.91 Å². The zero-order chi connectivity index (χ0) is 22.5. The fourth-order valence-electron chi connectivity index (χ4n) is 4.79. The number of hydrogen-bond acceptors (Lipinski definition) is 7. The number of benzene rings is 1. The zero-order valence-electron chi connectivity index (χ0n) is 17.7. The summed E-state index contributed by atoms with van der Waals surface area (Å²) in [5.74, 6) is -0.854. The second-order valence-corrected chi connectivity index (χ2v) is 10.5. The van der Waals surface area contributed by atoms with Gasteiger partial charge in [0.1, 0.15) is 22.2 Å². The van der Waals surface area contributed by atoms with Crippen molar-refractivity contribution in [1.29, 1.82) is 0 Å². The average molecular weight is 471 g/mol. The van der Waals surface area contributed by atoms with Gasteiger partial charge in [-0.1, -0.05) is 17.8 Å². The molecule has 4 unspecified atom stereocenters. The smallest absolute Gasteiger partial charge is 0.254 e. The fraction of sp³-hybridized carbons (Fsp3) is 0.391. The van der Waals surface area contributed by atoms with Crippen LogP contribution in [0.3, 0.4) is 0 Å². The van der Waals surface area contributed by atoms with E-state index in [1.165, 1.54) is 23.5 Å². The van der Waals surface area contributed by atoms with Crippen molar-refractivity contribution in [3.8, 4) is 0 Å². The van der Waals surface area contributed by atoms with E-state index in [0.717, 1.165) is 21.5 Å². The van der Waals surface area contributed by atoms with Crippen LogP contribution in [0, 0.1) is 17.8 Å². The normalized spacial score (nSPS) is 24.7.